The summed E-state index contributed by atoms with van der Waals surface area (Å²) in [5, 5.41) is 6.12. The molecule has 3 heteroatoms. The molecule has 3 aromatic rings. The number of nitrogens with one attached hydrogen (secondary N) is 1. The molecule has 0 bridgehead atoms. The molecular formula is C18H17BrN2. The first kappa shape index (κ1) is 14.2. The quantitative estimate of drug-likeness (QED) is 0.744. The molecule has 0 spiro atoms. The maximum atomic E-state index is 4.31. The predicted octanol–water partition coefficient (Wildman–Crippen LogP) is 4.70. The van der Waals surface area contributed by atoms with Crippen LogP contribution in [0.2, 0.25) is 0 Å². The van der Waals surface area contributed by atoms with Gasteiger partial charge in [-0.05, 0) is 50.4 Å². The molecule has 2 aromatic carbocycles. The van der Waals surface area contributed by atoms with Crippen LogP contribution < -0.4 is 5.32 Å². The van der Waals surface area contributed by atoms with Crippen LogP contribution in [-0.4, -0.2) is 11.5 Å². The summed E-state index contributed by atoms with van der Waals surface area (Å²) >= 11 is 3.51. The van der Waals surface area contributed by atoms with Gasteiger partial charge in [0.05, 0.1) is 6.04 Å². The van der Waals surface area contributed by atoms with Crippen LogP contribution in [0.25, 0.3) is 10.8 Å². The Labute approximate surface area is 133 Å². The summed E-state index contributed by atoms with van der Waals surface area (Å²) in [5.74, 6) is 0. The molecule has 1 N–H and O–H groups in total. The van der Waals surface area contributed by atoms with Crippen molar-refractivity contribution in [2.45, 2.75) is 13.0 Å². The maximum absolute atomic E-state index is 4.31. The molecule has 0 saturated carbocycles. The van der Waals surface area contributed by atoms with Crippen molar-refractivity contribution in [3.8, 4) is 0 Å². The molecule has 21 heavy (non-hydrogen) atoms. The zero-order chi connectivity index (χ0) is 14.7. The Kier molecular flexibility index (Phi) is 4.32. The lowest BCUT2D eigenvalue weighted by atomic mass is 9.94. The Balaban J connectivity index is 2.16. The predicted molar refractivity (Wildman–Crippen MR) is 91.4 cm³/mol. The van der Waals surface area contributed by atoms with Crippen molar-refractivity contribution in [3.05, 3.63) is 76.5 Å². The molecule has 0 aliphatic rings. The third-order valence-corrected chi connectivity index (χ3v) is 4.04. The van der Waals surface area contributed by atoms with Gasteiger partial charge >= 0.3 is 0 Å². The van der Waals surface area contributed by atoms with Gasteiger partial charge in [0.25, 0.3) is 0 Å². The van der Waals surface area contributed by atoms with Gasteiger partial charge in [0.1, 0.15) is 0 Å². The topological polar surface area (TPSA) is 24.9 Å². The third kappa shape index (κ3) is 2.99. The van der Waals surface area contributed by atoms with E-state index in [1.807, 2.05) is 12.4 Å². The van der Waals surface area contributed by atoms with Gasteiger partial charge in [-0.2, -0.15) is 0 Å². The molecule has 1 heterocycles. The minimum Gasteiger partial charge on any atom is -0.306 e. The van der Waals surface area contributed by atoms with Crippen LogP contribution in [0.3, 0.4) is 0 Å². The Bertz CT molecular complexity index is 750. The van der Waals surface area contributed by atoms with Crippen LogP contribution in [-0.2, 0) is 0 Å². The Hall–Kier alpha value is -1.71. The van der Waals surface area contributed by atoms with Gasteiger partial charge in [0, 0.05) is 16.9 Å². The van der Waals surface area contributed by atoms with Crippen LogP contribution in [0.1, 0.15) is 24.1 Å². The van der Waals surface area contributed by atoms with Crippen LogP contribution >= 0.6 is 15.9 Å². The molecule has 0 radical (unpaired) electrons. The first-order valence-electron chi connectivity index (χ1n) is 7.11. The summed E-state index contributed by atoms with van der Waals surface area (Å²) in [5.41, 5.74) is 2.46. The fourth-order valence-electron chi connectivity index (χ4n) is 2.70. The van der Waals surface area contributed by atoms with E-state index < -0.39 is 0 Å². The number of benzene rings is 2. The monoisotopic (exact) mass is 340 g/mol. The molecule has 0 saturated heterocycles. The lowest BCUT2D eigenvalue weighted by molar-refractivity contribution is 0.632. The second-order valence-electron chi connectivity index (χ2n) is 5.00. The highest BCUT2D eigenvalue weighted by Crippen LogP contribution is 2.29. The SMILES string of the molecule is CCNC(c1cncc(Br)c1)c1cccc2ccccc12. The van der Waals surface area contributed by atoms with Crippen molar-refractivity contribution >= 4 is 26.7 Å². The average molecular weight is 341 g/mol. The lowest BCUT2D eigenvalue weighted by Gasteiger charge is -2.20. The van der Waals surface area contributed by atoms with E-state index in [2.05, 4.69) is 81.7 Å². The van der Waals surface area contributed by atoms with Gasteiger partial charge in [0.2, 0.25) is 0 Å². The fraction of sp³-hybridized carbons (Fsp3) is 0.167. The zero-order valence-electron chi connectivity index (χ0n) is 11.9. The van der Waals surface area contributed by atoms with E-state index in [0.717, 1.165) is 11.0 Å². The number of nitrogens with zero attached hydrogens (tertiary/aromatic N) is 1. The summed E-state index contributed by atoms with van der Waals surface area (Å²) < 4.78 is 1.00. The van der Waals surface area contributed by atoms with Crippen molar-refractivity contribution in [1.29, 1.82) is 0 Å². The second-order valence-corrected chi connectivity index (χ2v) is 5.91. The number of aromatic nitrogens is 1. The molecule has 0 amide bonds. The Morgan fingerprint density at radius 2 is 1.90 bits per heavy atom. The van der Waals surface area contributed by atoms with Crippen LogP contribution in [0.4, 0.5) is 0 Å². The Morgan fingerprint density at radius 1 is 1.10 bits per heavy atom. The molecular weight excluding hydrogens is 324 g/mol. The second kappa shape index (κ2) is 6.37. The first-order valence-corrected chi connectivity index (χ1v) is 7.90. The molecule has 1 atom stereocenters. The number of pyridine rings is 1. The van der Waals surface area contributed by atoms with Gasteiger partial charge in [0.15, 0.2) is 0 Å². The van der Waals surface area contributed by atoms with E-state index in [9.17, 15) is 0 Å². The summed E-state index contributed by atoms with van der Waals surface area (Å²) in [6, 6.07) is 17.2. The molecule has 2 nitrogen and oxygen atoms in total. The molecule has 0 aliphatic carbocycles. The molecule has 3 rings (SSSR count). The maximum Gasteiger partial charge on any atom is 0.0598 e. The van der Waals surface area contributed by atoms with Crippen molar-refractivity contribution in [2.75, 3.05) is 6.54 Å². The number of halogens is 1. The van der Waals surface area contributed by atoms with E-state index in [1.54, 1.807) is 0 Å². The molecule has 106 valence electrons. The van der Waals surface area contributed by atoms with Crippen LogP contribution in [0, 0.1) is 0 Å². The summed E-state index contributed by atoms with van der Waals surface area (Å²) in [6.07, 6.45) is 3.75. The van der Waals surface area contributed by atoms with E-state index in [4.69, 9.17) is 0 Å². The number of rotatable bonds is 4. The van der Waals surface area contributed by atoms with Crippen LogP contribution in [0.5, 0.6) is 0 Å². The van der Waals surface area contributed by atoms with Gasteiger partial charge in [-0.15, -0.1) is 0 Å². The van der Waals surface area contributed by atoms with Crippen molar-refractivity contribution < 1.29 is 0 Å². The van der Waals surface area contributed by atoms with Gasteiger partial charge in [-0.25, -0.2) is 0 Å². The van der Waals surface area contributed by atoms with Crippen LogP contribution in [0.15, 0.2) is 65.4 Å². The summed E-state index contributed by atoms with van der Waals surface area (Å²) in [7, 11) is 0. The smallest absolute Gasteiger partial charge is 0.0598 e. The highest BCUT2D eigenvalue weighted by molar-refractivity contribution is 9.10. The highest BCUT2D eigenvalue weighted by atomic mass is 79.9. The van der Waals surface area contributed by atoms with E-state index >= 15 is 0 Å². The van der Waals surface area contributed by atoms with Crippen molar-refractivity contribution in [2.24, 2.45) is 0 Å². The average Bonchev–Trinajstić information content (AvgIpc) is 2.52. The van der Waals surface area contributed by atoms with Crippen molar-refractivity contribution in [3.63, 3.8) is 0 Å². The van der Waals surface area contributed by atoms with E-state index in [-0.39, 0.29) is 6.04 Å². The molecule has 0 aliphatic heterocycles. The standard InChI is InChI=1S/C18H17BrN2/c1-2-21-18(14-10-15(19)12-20-11-14)17-9-5-7-13-6-3-4-8-16(13)17/h3-12,18,21H,2H2,1H3. The number of fused-ring (bicyclic) bond motifs is 1. The molecule has 1 unspecified atom stereocenters. The Morgan fingerprint density at radius 3 is 2.71 bits per heavy atom. The normalized spacial score (nSPS) is 12.5. The van der Waals surface area contributed by atoms with Gasteiger partial charge < -0.3 is 5.32 Å². The first-order chi connectivity index (χ1) is 10.3. The number of hydrogen-bond donors (Lipinski definition) is 1. The fourth-order valence-corrected chi connectivity index (χ4v) is 3.08. The third-order valence-electron chi connectivity index (χ3n) is 3.60. The minimum absolute atomic E-state index is 0.145. The van der Waals surface area contributed by atoms with Gasteiger partial charge in [-0.3, -0.25) is 4.98 Å². The minimum atomic E-state index is 0.145. The van der Waals surface area contributed by atoms with Crippen molar-refractivity contribution in [1.82, 2.24) is 10.3 Å². The van der Waals surface area contributed by atoms with Gasteiger partial charge in [-0.1, -0.05) is 49.4 Å². The highest BCUT2D eigenvalue weighted by Gasteiger charge is 2.16. The summed E-state index contributed by atoms with van der Waals surface area (Å²) in [6.45, 7) is 3.03. The zero-order valence-corrected chi connectivity index (χ0v) is 13.5. The molecule has 1 aromatic heterocycles. The molecule has 0 fully saturated rings. The number of hydrogen-bond acceptors (Lipinski definition) is 2. The largest absolute Gasteiger partial charge is 0.306 e. The van der Waals surface area contributed by atoms with E-state index in [1.165, 1.54) is 21.9 Å². The van der Waals surface area contributed by atoms with E-state index in [0.29, 0.717) is 0 Å². The summed E-state index contributed by atoms with van der Waals surface area (Å²) in [4.78, 5) is 4.31. The lowest BCUT2D eigenvalue weighted by Crippen LogP contribution is -2.22.